The van der Waals surface area contributed by atoms with E-state index in [4.69, 9.17) is 9.47 Å². The quantitative estimate of drug-likeness (QED) is 0.263. The highest BCUT2D eigenvalue weighted by Crippen LogP contribution is 2.09. The highest BCUT2D eigenvalue weighted by atomic mass is 16.5. The van der Waals surface area contributed by atoms with Gasteiger partial charge in [0.15, 0.2) is 0 Å². The van der Waals surface area contributed by atoms with Crippen molar-refractivity contribution in [3.63, 3.8) is 0 Å². The minimum absolute atomic E-state index is 0.0995. The van der Waals surface area contributed by atoms with Gasteiger partial charge in [-0.25, -0.2) is 4.79 Å². The number of nitrogens with one attached hydrogen (secondary N) is 1. The van der Waals surface area contributed by atoms with Crippen molar-refractivity contribution in [1.29, 1.82) is 0 Å². The summed E-state index contributed by atoms with van der Waals surface area (Å²) in [5.74, 6) is -0.621. The van der Waals surface area contributed by atoms with Gasteiger partial charge < -0.3 is 19.9 Å². The molecule has 6 nitrogen and oxygen atoms in total. The zero-order valence-electron chi connectivity index (χ0n) is 16.1. The van der Waals surface area contributed by atoms with E-state index in [2.05, 4.69) is 24.4 Å². The number of hydrogen-bond acceptors (Lipinski definition) is 5. The molecule has 0 aromatic carbocycles. The fourth-order valence-electron chi connectivity index (χ4n) is 2.80. The number of unbranched alkanes of at least 4 members (excludes halogenated alkanes) is 6. The van der Waals surface area contributed by atoms with Crippen molar-refractivity contribution >= 4 is 11.9 Å². The molecule has 2 atom stereocenters. The Morgan fingerprint density at radius 3 is 2.62 bits per heavy atom. The number of amides is 1. The van der Waals surface area contributed by atoms with Crippen LogP contribution in [0.3, 0.4) is 0 Å². The summed E-state index contributed by atoms with van der Waals surface area (Å²) in [6.45, 7) is 2.83. The Kier molecular flexibility index (Phi) is 12.8. The lowest BCUT2D eigenvalue weighted by molar-refractivity contribution is -0.150. The molecule has 1 amide bonds. The van der Waals surface area contributed by atoms with Crippen LogP contribution in [0.4, 0.5) is 0 Å². The molecule has 2 N–H and O–H groups in total. The van der Waals surface area contributed by atoms with Gasteiger partial charge in [-0.2, -0.15) is 0 Å². The Balaban J connectivity index is 1.86. The number of ether oxygens (including phenoxy) is 2. The summed E-state index contributed by atoms with van der Waals surface area (Å²) in [6.07, 6.45) is 13.9. The molecule has 0 radical (unpaired) electrons. The molecule has 1 aliphatic rings. The van der Waals surface area contributed by atoms with E-state index in [1.165, 1.54) is 32.1 Å². The van der Waals surface area contributed by atoms with Crippen LogP contribution in [0.5, 0.6) is 0 Å². The van der Waals surface area contributed by atoms with Crippen molar-refractivity contribution in [3.8, 4) is 0 Å². The third kappa shape index (κ3) is 11.3. The van der Waals surface area contributed by atoms with Crippen molar-refractivity contribution in [2.24, 2.45) is 0 Å². The van der Waals surface area contributed by atoms with Crippen molar-refractivity contribution < 1.29 is 24.2 Å². The summed E-state index contributed by atoms with van der Waals surface area (Å²) in [5.41, 5.74) is 0. The zero-order valence-corrected chi connectivity index (χ0v) is 16.1. The lowest BCUT2D eigenvalue weighted by Crippen LogP contribution is -2.36. The first-order valence-electron chi connectivity index (χ1n) is 10.00. The fraction of sp³-hybridized carbons (Fsp3) is 0.800. The van der Waals surface area contributed by atoms with Crippen molar-refractivity contribution in [2.45, 2.75) is 83.3 Å². The largest absolute Gasteiger partial charge is 0.461 e. The summed E-state index contributed by atoms with van der Waals surface area (Å²) < 4.78 is 10.4. The Labute approximate surface area is 157 Å². The van der Waals surface area contributed by atoms with Gasteiger partial charge in [-0.1, -0.05) is 44.8 Å². The number of carbonyl (C=O) groups is 2. The smallest absolute Gasteiger partial charge is 0.328 e. The summed E-state index contributed by atoms with van der Waals surface area (Å²) in [5, 5.41) is 12.3. The van der Waals surface area contributed by atoms with E-state index in [0.717, 1.165) is 19.3 Å². The molecule has 0 aromatic rings. The number of carbonyl (C=O) groups excluding carboxylic acids is 2. The van der Waals surface area contributed by atoms with Crippen LogP contribution in [0.1, 0.15) is 71.1 Å². The van der Waals surface area contributed by atoms with Crippen molar-refractivity contribution in [3.05, 3.63) is 12.2 Å². The van der Waals surface area contributed by atoms with Gasteiger partial charge in [-0.15, -0.1) is 0 Å². The number of aliphatic hydroxyl groups is 1. The molecule has 1 unspecified atom stereocenters. The SMILES string of the molecule is CCC=CCCCCCCCCOCC(O)COC(=O)[C@@H]1CCC(=O)N1. The Morgan fingerprint density at radius 2 is 1.92 bits per heavy atom. The molecule has 6 heteroatoms. The lowest BCUT2D eigenvalue weighted by Gasteiger charge is -2.14. The fourth-order valence-corrected chi connectivity index (χ4v) is 2.80. The molecular weight excluding hydrogens is 334 g/mol. The van der Waals surface area contributed by atoms with Crippen molar-refractivity contribution in [1.82, 2.24) is 5.32 Å². The first-order valence-corrected chi connectivity index (χ1v) is 10.00. The molecule has 150 valence electrons. The maximum atomic E-state index is 11.7. The Bertz CT molecular complexity index is 424. The number of aliphatic hydroxyl groups excluding tert-OH is 1. The van der Waals surface area contributed by atoms with Crippen molar-refractivity contribution in [2.75, 3.05) is 19.8 Å². The maximum Gasteiger partial charge on any atom is 0.328 e. The second kappa shape index (κ2) is 14.7. The number of esters is 1. The van der Waals surface area contributed by atoms with Gasteiger partial charge in [0.25, 0.3) is 0 Å². The van der Waals surface area contributed by atoms with Gasteiger partial charge in [-0.05, 0) is 32.1 Å². The average Bonchev–Trinajstić information content (AvgIpc) is 3.07. The average molecular weight is 370 g/mol. The molecule has 26 heavy (non-hydrogen) atoms. The minimum atomic E-state index is -0.827. The van der Waals surface area contributed by atoms with E-state index in [1.54, 1.807) is 0 Å². The molecule has 0 aromatic heterocycles. The molecule has 1 saturated heterocycles. The van der Waals surface area contributed by atoms with Crippen LogP contribution in [0.15, 0.2) is 12.2 Å². The van der Waals surface area contributed by atoms with Gasteiger partial charge in [0.05, 0.1) is 6.61 Å². The molecule has 0 spiro atoms. The van der Waals surface area contributed by atoms with Gasteiger partial charge in [0.2, 0.25) is 5.91 Å². The molecule has 1 fully saturated rings. The third-order valence-electron chi connectivity index (χ3n) is 4.32. The summed E-state index contributed by atoms with van der Waals surface area (Å²) >= 11 is 0. The predicted octanol–water partition coefficient (Wildman–Crippen LogP) is 2.88. The van der Waals surface area contributed by atoms with Crippen LogP contribution in [0.2, 0.25) is 0 Å². The second-order valence-corrected chi connectivity index (χ2v) is 6.81. The molecule has 1 rings (SSSR count). The summed E-state index contributed by atoms with van der Waals surface area (Å²) in [6, 6.07) is -0.571. The third-order valence-corrected chi connectivity index (χ3v) is 4.32. The topological polar surface area (TPSA) is 84.9 Å². The first kappa shape index (κ1) is 22.6. The lowest BCUT2D eigenvalue weighted by atomic mass is 10.1. The summed E-state index contributed by atoms with van der Waals surface area (Å²) in [7, 11) is 0. The van der Waals surface area contributed by atoms with Gasteiger partial charge in [0, 0.05) is 13.0 Å². The molecule has 1 heterocycles. The van der Waals surface area contributed by atoms with Crippen LogP contribution in [-0.4, -0.2) is 48.9 Å². The number of allylic oxidation sites excluding steroid dienone is 2. The second-order valence-electron chi connectivity index (χ2n) is 6.81. The Hall–Kier alpha value is -1.40. The van der Waals surface area contributed by atoms with Crippen LogP contribution in [-0.2, 0) is 19.1 Å². The van der Waals surface area contributed by atoms with Crippen LogP contribution in [0, 0.1) is 0 Å². The highest BCUT2D eigenvalue weighted by Gasteiger charge is 2.28. The molecule has 0 aliphatic carbocycles. The van der Waals surface area contributed by atoms with E-state index in [1.807, 2.05) is 0 Å². The van der Waals surface area contributed by atoms with Crippen LogP contribution in [0.25, 0.3) is 0 Å². The Morgan fingerprint density at radius 1 is 1.19 bits per heavy atom. The first-order chi connectivity index (χ1) is 12.6. The summed E-state index contributed by atoms with van der Waals surface area (Å²) in [4.78, 5) is 22.7. The van der Waals surface area contributed by atoms with E-state index >= 15 is 0 Å². The van der Waals surface area contributed by atoms with Gasteiger partial charge >= 0.3 is 5.97 Å². The predicted molar refractivity (Wildman–Crippen MR) is 101 cm³/mol. The van der Waals surface area contributed by atoms with Gasteiger partial charge in [-0.3, -0.25) is 4.79 Å². The number of hydrogen-bond donors (Lipinski definition) is 2. The highest BCUT2D eigenvalue weighted by molar-refractivity contribution is 5.88. The molecular formula is C20H35NO5. The van der Waals surface area contributed by atoms with E-state index < -0.39 is 18.1 Å². The molecule has 0 saturated carbocycles. The van der Waals surface area contributed by atoms with Gasteiger partial charge in [0.1, 0.15) is 18.8 Å². The van der Waals surface area contributed by atoms with E-state index in [-0.39, 0.29) is 19.1 Å². The van der Waals surface area contributed by atoms with E-state index in [0.29, 0.717) is 19.4 Å². The standard InChI is InChI=1S/C20H35NO5/c1-2-3-4-5-6-7-8-9-10-11-14-25-15-17(22)16-26-20(24)18-12-13-19(23)21-18/h3-4,17-18,22H,2,5-16H2,1H3,(H,21,23)/t17?,18-/m0/s1. The zero-order chi connectivity index (χ0) is 19.0. The van der Waals surface area contributed by atoms with E-state index in [9.17, 15) is 14.7 Å². The number of rotatable bonds is 15. The molecule has 0 bridgehead atoms. The monoisotopic (exact) mass is 369 g/mol. The van der Waals surface area contributed by atoms with Crippen LogP contribution >= 0.6 is 0 Å². The normalized spacial score (nSPS) is 18.2. The van der Waals surface area contributed by atoms with Crippen LogP contribution < -0.4 is 5.32 Å². The molecule has 1 aliphatic heterocycles. The maximum absolute atomic E-state index is 11.7. The minimum Gasteiger partial charge on any atom is -0.461 e.